The molecule has 1 heterocycles. The van der Waals surface area contributed by atoms with Gasteiger partial charge in [0.25, 0.3) is 0 Å². The van der Waals surface area contributed by atoms with Crippen molar-refractivity contribution in [2.45, 2.75) is 0 Å². The number of halogens is 1. The molecule has 0 aliphatic rings. The molecule has 0 atom stereocenters. The van der Waals surface area contributed by atoms with E-state index in [1.54, 1.807) is 24.3 Å². The lowest BCUT2D eigenvalue weighted by atomic mass is 10.2. The molecule has 0 radical (unpaired) electrons. The smallest absolute Gasteiger partial charge is 0.336 e. The van der Waals surface area contributed by atoms with Crippen molar-refractivity contribution >= 4 is 32.6 Å². The van der Waals surface area contributed by atoms with Crippen molar-refractivity contribution in [3.8, 4) is 11.5 Å². The van der Waals surface area contributed by atoms with E-state index in [9.17, 15) is 14.9 Å². The molecule has 0 aliphatic carbocycles. The van der Waals surface area contributed by atoms with Crippen molar-refractivity contribution in [2.75, 3.05) is 0 Å². The minimum Gasteiger partial charge on any atom is -0.450 e. The number of hydrogen-bond donors (Lipinski definition) is 0. The Balaban J connectivity index is 2.03. The van der Waals surface area contributed by atoms with E-state index in [2.05, 4.69) is 15.9 Å². The second-order valence-corrected chi connectivity index (χ2v) is 5.34. The molecule has 0 amide bonds. The molecule has 0 saturated heterocycles. The van der Waals surface area contributed by atoms with Crippen LogP contribution in [0.4, 0.5) is 5.69 Å². The third-order valence-corrected chi connectivity index (χ3v) is 3.43. The summed E-state index contributed by atoms with van der Waals surface area (Å²) < 4.78 is 11.2. The van der Waals surface area contributed by atoms with E-state index >= 15 is 0 Å². The van der Waals surface area contributed by atoms with Gasteiger partial charge in [0.05, 0.1) is 4.92 Å². The van der Waals surface area contributed by atoms with Gasteiger partial charge in [-0.3, -0.25) is 10.1 Å². The standard InChI is InChI=1S/C15H8BrNO5/c16-10-3-5-13(12(7-10)17(19)20)21-11-4-1-9-2-6-15(18)22-14(9)8-11/h1-8H. The summed E-state index contributed by atoms with van der Waals surface area (Å²) in [5.41, 5.74) is -0.284. The van der Waals surface area contributed by atoms with E-state index in [0.717, 1.165) is 5.39 Å². The van der Waals surface area contributed by atoms with Crippen molar-refractivity contribution in [2.24, 2.45) is 0 Å². The molecule has 0 spiro atoms. The zero-order chi connectivity index (χ0) is 15.7. The molecule has 3 rings (SSSR count). The summed E-state index contributed by atoms with van der Waals surface area (Å²) in [7, 11) is 0. The van der Waals surface area contributed by atoms with E-state index in [4.69, 9.17) is 9.15 Å². The molecule has 7 heteroatoms. The fraction of sp³-hybridized carbons (Fsp3) is 0. The number of nitrogens with zero attached hydrogens (tertiary/aromatic N) is 1. The quantitative estimate of drug-likeness (QED) is 0.395. The number of ether oxygens (including phenoxy) is 1. The Bertz CT molecular complexity index is 935. The van der Waals surface area contributed by atoms with E-state index < -0.39 is 10.5 Å². The van der Waals surface area contributed by atoms with Crippen molar-refractivity contribution in [1.29, 1.82) is 0 Å². The monoisotopic (exact) mass is 361 g/mol. The average Bonchev–Trinajstić information content (AvgIpc) is 2.48. The Morgan fingerprint density at radius 2 is 1.86 bits per heavy atom. The van der Waals surface area contributed by atoms with E-state index in [1.165, 1.54) is 24.3 Å². The first-order chi connectivity index (χ1) is 10.5. The maximum Gasteiger partial charge on any atom is 0.336 e. The first-order valence-electron chi connectivity index (χ1n) is 6.19. The number of nitro benzene ring substituents is 1. The van der Waals surface area contributed by atoms with Crippen LogP contribution in [0.25, 0.3) is 11.0 Å². The summed E-state index contributed by atoms with van der Waals surface area (Å²) in [5, 5.41) is 11.8. The molecule has 0 unspecified atom stereocenters. The largest absolute Gasteiger partial charge is 0.450 e. The van der Waals surface area contributed by atoms with Gasteiger partial charge < -0.3 is 9.15 Å². The highest BCUT2D eigenvalue weighted by Crippen LogP contribution is 2.34. The molecular weight excluding hydrogens is 354 g/mol. The van der Waals surface area contributed by atoms with Crippen LogP contribution in [0.2, 0.25) is 0 Å². The fourth-order valence-electron chi connectivity index (χ4n) is 1.95. The number of fused-ring (bicyclic) bond motifs is 1. The third-order valence-electron chi connectivity index (χ3n) is 2.94. The Labute approximate surface area is 132 Å². The Morgan fingerprint density at radius 3 is 2.64 bits per heavy atom. The van der Waals surface area contributed by atoms with Crippen LogP contribution in [-0.2, 0) is 0 Å². The van der Waals surface area contributed by atoms with Crippen molar-refractivity contribution in [1.82, 2.24) is 0 Å². The number of nitro groups is 1. The van der Waals surface area contributed by atoms with Gasteiger partial charge in [-0.15, -0.1) is 0 Å². The lowest BCUT2D eigenvalue weighted by molar-refractivity contribution is -0.385. The van der Waals surface area contributed by atoms with Crippen molar-refractivity contribution < 1.29 is 14.1 Å². The summed E-state index contributed by atoms with van der Waals surface area (Å²) in [5.74, 6) is 0.443. The minimum atomic E-state index is -0.527. The lowest BCUT2D eigenvalue weighted by Gasteiger charge is -2.07. The Morgan fingerprint density at radius 1 is 1.09 bits per heavy atom. The van der Waals surface area contributed by atoms with Crippen molar-refractivity contribution in [3.05, 3.63) is 73.5 Å². The van der Waals surface area contributed by atoms with Gasteiger partial charge in [-0.05, 0) is 30.3 Å². The molecule has 110 valence electrons. The summed E-state index contributed by atoms with van der Waals surface area (Å²) in [6, 6.07) is 12.3. The maximum atomic E-state index is 11.2. The highest BCUT2D eigenvalue weighted by Gasteiger charge is 2.16. The highest BCUT2D eigenvalue weighted by molar-refractivity contribution is 9.10. The topological polar surface area (TPSA) is 82.6 Å². The second-order valence-electron chi connectivity index (χ2n) is 4.43. The zero-order valence-electron chi connectivity index (χ0n) is 11.0. The molecule has 0 aliphatic heterocycles. The molecule has 6 nitrogen and oxygen atoms in total. The fourth-order valence-corrected chi connectivity index (χ4v) is 2.30. The maximum absolute atomic E-state index is 11.2. The predicted octanol–water partition coefficient (Wildman–Crippen LogP) is 4.26. The van der Waals surface area contributed by atoms with Crippen molar-refractivity contribution in [3.63, 3.8) is 0 Å². The van der Waals surface area contributed by atoms with Gasteiger partial charge in [0, 0.05) is 28.1 Å². The molecule has 1 aromatic heterocycles. The average molecular weight is 362 g/mol. The summed E-state index contributed by atoms with van der Waals surface area (Å²) in [6.07, 6.45) is 0. The first kappa shape index (κ1) is 14.3. The van der Waals surface area contributed by atoms with Gasteiger partial charge in [-0.25, -0.2) is 4.79 Å². The second kappa shape index (κ2) is 5.61. The summed E-state index contributed by atoms with van der Waals surface area (Å²) in [4.78, 5) is 21.8. The molecule has 0 saturated carbocycles. The minimum absolute atomic E-state index is 0.103. The summed E-state index contributed by atoms with van der Waals surface area (Å²) in [6.45, 7) is 0. The van der Waals surface area contributed by atoms with Gasteiger partial charge in [-0.2, -0.15) is 0 Å². The van der Waals surface area contributed by atoms with Gasteiger partial charge in [-0.1, -0.05) is 15.9 Å². The van der Waals surface area contributed by atoms with Gasteiger partial charge in [0.1, 0.15) is 11.3 Å². The van der Waals surface area contributed by atoms with Crippen LogP contribution in [0.15, 0.2) is 62.2 Å². The van der Waals surface area contributed by atoms with Crippen LogP contribution < -0.4 is 10.4 Å². The molecule has 0 N–H and O–H groups in total. The van der Waals surface area contributed by atoms with Crippen LogP contribution in [0.1, 0.15) is 0 Å². The number of rotatable bonds is 3. The van der Waals surface area contributed by atoms with Crippen LogP contribution in [0.5, 0.6) is 11.5 Å². The zero-order valence-corrected chi connectivity index (χ0v) is 12.6. The lowest BCUT2D eigenvalue weighted by Crippen LogP contribution is -1.95. The Hall–Kier alpha value is -2.67. The molecule has 3 aromatic rings. The summed E-state index contributed by atoms with van der Waals surface area (Å²) >= 11 is 3.18. The Kier molecular flexibility index (Phi) is 3.64. The molecule has 22 heavy (non-hydrogen) atoms. The predicted molar refractivity (Wildman–Crippen MR) is 83.4 cm³/mol. The SMILES string of the molecule is O=c1ccc2ccc(Oc3ccc(Br)cc3[N+](=O)[O-])cc2o1. The van der Waals surface area contributed by atoms with Crippen LogP contribution in [-0.4, -0.2) is 4.92 Å². The number of benzene rings is 2. The normalized spacial score (nSPS) is 10.6. The molecule has 0 fully saturated rings. The first-order valence-corrected chi connectivity index (χ1v) is 6.98. The van der Waals surface area contributed by atoms with Gasteiger partial charge >= 0.3 is 11.3 Å². The molecule has 2 aromatic carbocycles. The van der Waals surface area contributed by atoms with Crippen LogP contribution >= 0.6 is 15.9 Å². The number of hydrogen-bond acceptors (Lipinski definition) is 5. The van der Waals surface area contributed by atoms with E-state index in [1.807, 2.05) is 0 Å². The van der Waals surface area contributed by atoms with Gasteiger partial charge in [0.2, 0.25) is 5.75 Å². The van der Waals surface area contributed by atoms with E-state index in [-0.39, 0.29) is 11.4 Å². The molecular formula is C15H8BrNO5. The third kappa shape index (κ3) is 2.84. The van der Waals surface area contributed by atoms with E-state index in [0.29, 0.717) is 15.8 Å². The van der Waals surface area contributed by atoms with Gasteiger partial charge in [0.15, 0.2) is 0 Å². The highest BCUT2D eigenvalue weighted by atomic mass is 79.9. The molecule has 0 bridgehead atoms. The van der Waals surface area contributed by atoms with Crippen LogP contribution in [0.3, 0.4) is 0 Å². The van der Waals surface area contributed by atoms with Crippen LogP contribution in [0, 0.1) is 10.1 Å².